The van der Waals surface area contributed by atoms with Crippen LogP contribution in [-0.4, -0.2) is 57.9 Å². The van der Waals surface area contributed by atoms with Gasteiger partial charge >= 0.3 is 0 Å². The molecule has 4 aromatic heterocycles. The van der Waals surface area contributed by atoms with Gasteiger partial charge in [0, 0.05) is 93.8 Å². The summed E-state index contributed by atoms with van der Waals surface area (Å²) in [5.41, 5.74) is 19.2. The number of hydrogen-bond acceptors (Lipinski definition) is 4. The van der Waals surface area contributed by atoms with E-state index in [1.54, 1.807) is 14.1 Å². The molecule has 68 heavy (non-hydrogen) atoms. The minimum atomic E-state index is -0.353. The van der Waals surface area contributed by atoms with Crippen LogP contribution in [0, 0.1) is 0 Å². The van der Waals surface area contributed by atoms with Crippen LogP contribution in [0.25, 0.3) is 22.3 Å². The lowest BCUT2D eigenvalue weighted by Crippen LogP contribution is -2.20. The molecule has 8 heteroatoms. The monoisotopic (exact) mass is 886 g/mol. The standard InChI is InChI=1S/C60H54N8/c1-59(2,51-31-27-43(63-51)37-61-5)53-33-29-47(65-53)55(41-23-15-9-16-24-41)57-45(39-19-11-7-12-20-39)35-49(67-57)50-36-46(40-21-13-8-14-22-40)58(68-50)56(42-25-17-10-18-26-42)48-30-34-54(66-48)60(3,4)52-32-28-44(64-52)38-62-6/h7-38,63-66H,1-6H3/b57-55-,58-56+,61-37?,62-38?. The molecule has 0 amide bonds. The predicted octanol–water partition coefficient (Wildman–Crippen LogP) is 13.0. The quantitative estimate of drug-likeness (QED) is 0.0827. The fraction of sp³-hybridized carbons (Fsp3) is 0.133. The molecular weight excluding hydrogens is 833 g/mol. The first kappa shape index (κ1) is 43.5. The highest BCUT2D eigenvalue weighted by Gasteiger charge is 2.32. The van der Waals surface area contributed by atoms with Crippen molar-refractivity contribution in [2.45, 2.75) is 38.5 Å². The topological polar surface area (TPSA) is 113 Å². The number of rotatable bonds is 13. The van der Waals surface area contributed by atoms with Crippen molar-refractivity contribution in [1.29, 1.82) is 0 Å². The van der Waals surface area contributed by atoms with Gasteiger partial charge in [-0.2, -0.15) is 0 Å². The molecule has 0 radical (unpaired) electrons. The van der Waals surface area contributed by atoms with E-state index in [0.717, 1.165) is 113 Å². The highest BCUT2D eigenvalue weighted by Crippen LogP contribution is 2.43. The van der Waals surface area contributed by atoms with E-state index in [-0.39, 0.29) is 10.8 Å². The Labute approximate surface area is 398 Å². The summed E-state index contributed by atoms with van der Waals surface area (Å²) in [6.07, 6.45) is 8.12. The lowest BCUT2D eigenvalue weighted by atomic mass is 9.86. The summed E-state index contributed by atoms with van der Waals surface area (Å²) in [5.74, 6) is 0. The summed E-state index contributed by atoms with van der Waals surface area (Å²) < 4.78 is 0. The Bertz CT molecular complexity index is 3140. The predicted molar refractivity (Wildman–Crippen MR) is 283 cm³/mol. The van der Waals surface area contributed by atoms with Gasteiger partial charge in [-0.1, -0.05) is 121 Å². The van der Waals surface area contributed by atoms with Crippen molar-refractivity contribution in [3.63, 3.8) is 0 Å². The lowest BCUT2D eigenvalue weighted by molar-refractivity contribution is 0.602. The zero-order valence-corrected chi connectivity index (χ0v) is 39.3. The molecule has 10 rings (SSSR count). The Morgan fingerprint density at radius 2 is 0.750 bits per heavy atom. The second kappa shape index (κ2) is 18.1. The van der Waals surface area contributed by atoms with E-state index in [0.29, 0.717) is 0 Å². The summed E-state index contributed by atoms with van der Waals surface area (Å²) in [4.78, 5) is 34.6. The van der Waals surface area contributed by atoms with Crippen LogP contribution in [0.15, 0.2) is 213 Å². The smallest absolute Gasteiger partial charge is 0.0901 e. The molecule has 0 fully saturated rings. The molecule has 2 aliphatic heterocycles. The molecule has 334 valence electrons. The van der Waals surface area contributed by atoms with Crippen LogP contribution in [-0.2, 0) is 10.8 Å². The number of aliphatic imine (C=N–C) groups is 4. The van der Waals surface area contributed by atoms with E-state index in [1.165, 1.54) is 0 Å². The van der Waals surface area contributed by atoms with Gasteiger partial charge in [-0.25, -0.2) is 9.98 Å². The fourth-order valence-corrected chi connectivity index (χ4v) is 9.29. The van der Waals surface area contributed by atoms with Crippen molar-refractivity contribution >= 4 is 46.1 Å². The number of benzene rings is 4. The van der Waals surface area contributed by atoms with Crippen molar-refractivity contribution in [1.82, 2.24) is 19.9 Å². The number of H-pyrrole nitrogens is 4. The van der Waals surface area contributed by atoms with Gasteiger partial charge < -0.3 is 19.9 Å². The molecule has 8 nitrogen and oxygen atoms in total. The third kappa shape index (κ3) is 8.26. The van der Waals surface area contributed by atoms with E-state index < -0.39 is 0 Å². The number of nitrogens with zero attached hydrogens (tertiary/aromatic N) is 4. The summed E-state index contributed by atoms with van der Waals surface area (Å²) in [6.45, 7) is 8.93. The normalized spacial score (nSPS) is 15.8. The zero-order chi connectivity index (χ0) is 46.8. The zero-order valence-electron chi connectivity index (χ0n) is 39.3. The molecule has 0 atom stereocenters. The Morgan fingerprint density at radius 1 is 0.412 bits per heavy atom. The van der Waals surface area contributed by atoms with Gasteiger partial charge in [-0.15, -0.1) is 0 Å². The van der Waals surface area contributed by atoms with Crippen LogP contribution in [0.3, 0.4) is 0 Å². The number of aromatic amines is 4. The first-order valence-corrected chi connectivity index (χ1v) is 23.1. The van der Waals surface area contributed by atoms with E-state index in [9.17, 15) is 0 Å². The Hall–Kier alpha value is -8.36. The lowest BCUT2D eigenvalue weighted by Gasteiger charge is -2.23. The maximum Gasteiger partial charge on any atom is 0.0901 e. The maximum absolute atomic E-state index is 5.63. The van der Waals surface area contributed by atoms with E-state index >= 15 is 0 Å². The Balaban J connectivity index is 1.16. The van der Waals surface area contributed by atoms with Gasteiger partial charge in [0.1, 0.15) is 0 Å². The van der Waals surface area contributed by atoms with Crippen molar-refractivity contribution in [2.24, 2.45) is 20.0 Å². The second-order valence-corrected chi connectivity index (χ2v) is 18.3. The van der Waals surface area contributed by atoms with Gasteiger partial charge in [0.2, 0.25) is 0 Å². The fourth-order valence-electron chi connectivity index (χ4n) is 9.29. The molecule has 0 saturated carbocycles. The van der Waals surface area contributed by atoms with Crippen LogP contribution in [0.2, 0.25) is 0 Å². The van der Waals surface area contributed by atoms with E-state index in [1.807, 2.05) is 12.4 Å². The highest BCUT2D eigenvalue weighted by molar-refractivity contribution is 6.55. The van der Waals surface area contributed by atoms with Crippen LogP contribution in [0.4, 0.5) is 0 Å². The summed E-state index contributed by atoms with van der Waals surface area (Å²) in [6, 6.07) is 59.4. The molecule has 6 heterocycles. The number of hydrogen-bond donors (Lipinski definition) is 4. The highest BCUT2D eigenvalue weighted by atomic mass is 14.9. The summed E-state index contributed by atoms with van der Waals surface area (Å²) in [7, 11) is 3.58. The Morgan fingerprint density at radius 3 is 1.12 bits per heavy atom. The van der Waals surface area contributed by atoms with Crippen LogP contribution >= 0.6 is 0 Å². The minimum absolute atomic E-state index is 0.353. The molecule has 4 N–H and O–H groups in total. The number of allylic oxidation sites excluding steroid dienone is 4. The first-order valence-electron chi connectivity index (χ1n) is 23.1. The molecular formula is C60H54N8. The first-order chi connectivity index (χ1) is 33.1. The van der Waals surface area contributed by atoms with Crippen molar-refractivity contribution in [2.75, 3.05) is 14.1 Å². The van der Waals surface area contributed by atoms with Gasteiger partial charge in [0.05, 0.1) is 34.2 Å². The average molecular weight is 887 g/mol. The Kier molecular flexibility index (Phi) is 11.6. The molecule has 0 unspecified atom stereocenters. The van der Waals surface area contributed by atoms with E-state index in [2.05, 4.69) is 240 Å². The van der Waals surface area contributed by atoms with Crippen LogP contribution < -0.4 is 0 Å². The molecule has 2 aliphatic rings. The van der Waals surface area contributed by atoms with Gasteiger partial charge in [-0.05, 0) is 111 Å². The molecule has 0 bridgehead atoms. The molecule has 4 aromatic carbocycles. The van der Waals surface area contributed by atoms with Crippen molar-refractivity contribution in [3.05, 3.63) is 261 Å². The average Bonchev–Trinajstić information content (AvgIpc) is 4.23. The maximum atomic E-state index is 5.63. The molecule has 0 saturated heterocycles. The minimum Gasteiger partial charge on any atom is -0.358 e. The van der Waals surface area contributed by atoms with E-state index in [4.69, 9.17) is 9.98 Å². The summed E-state index contributed by atoms with van der Waals surface area (Å²) in [5, 5.41) is 0. The van der Waals surface area contributed by atoms with Gasteiger partial charge in [0.15, 0.2) is 0 Å². The molecule has 0 spiro atoms. The second-order valence-electron chi connectivity index (χ2n) is 18.3. The summed E-state index contributed by atoms with van der Waals surface area (Å²) >= 11 is 0. The molecule has 8 aromatic rings. The number of nitrogens with one attached hydrogen (secondary N) is 4. The van der Waals surface area contributed by atoms with Crippen LogP contribution in [0.1, 0.15) is 95.5 Å². The third-order valence-corrected chi connectivity index (χ3v) is 13.1. The SMILES string of the molecule is CN=Cc1ccc(C(C)(C)c2ccc(/C(=C3\N=C(C4=N/C(=C(\c5ccccc5)c5ccc(C(C)(C)c6ccc(C=NC)[nH]6)[nH]5)C(c5ccccc5)=C4)C=C3c3ccccc3)c3ccccc3)[nH]2)[nH]1. The van der Waals surface area contributed by atoms with Crippen LogP contribution in [0.5, 0.6) is 0 Å². The van der Waals surface area contributed by atoms with Crippen molar-refractivity contribution < 1.29 is 0 Å². The van der Waals surface area contributed by atoms with Crippen molar-refractivity contribution in [3.8, 4) is 0 Å². The molecule has 0 aliphatic carbocycles. The number of aromatic nitrogens is 4. The largest absolute Gasteiger partial charge is 0.358 e. The third-order valence-electron chi connectivity index (χ3n) is 13.1. The van der Waals surface area contributed by atoms with Gasteiger partial charge in [0.25, 0.3) is 0 Å². The van der Waals surface area contributed by atoms with Gasteiger partial charge in [-0.3, -0.25) is 9.98 Å².